The van der Waals surface area contributed by atoms with Gasteiger partial charge in [-0.25, -0.2) is 0 Å². The number of rotatable bonds is 1. The van der Waals surface area contributed by atoms with Crippen LogP contribution < -0.4 is 5.46 Å². The number of hydrogen-bond donors (Lipinski definition) is 0. The van der Waals surface area contributed by atoms with Gasteiger partial charge in [-0.2, -0.15) is 0 Å². The lowest BCUT2D eigenvalue weighted by molar-refractivity contribution is 0.443. The highest BCUT2D eigenvalue weighted by Crippen LogP contribution is 2.31. The van der Waals surface area contributed by atoms with E-state index >= 15 is 0 Å². The Labute approximate surface area is 92.7 Å². The van der Waals surface area contributed by atoms with Crippen molar-refractivity contribution in [2.24, 2.45) is 0 Å². The predicted molar refractivity (Wildman–Crippen MR) is 67.7 cm³/mol. The average molecular weight is 208 g/mol. The van der Waals surface area contributed by atoms with Crippen LogP contribution in [0.15, 0.2) is 24.3 Å². The molecule has 1 fully saturated rings. The third-order valence-corrected chi connectivity index (χ3v) is 3.15. The molecule has 2 nitrogen and oxygen atoms in total. The monoisotopic (exact) mass is 208 g/mol. The summed E-state index contributed by atoms with van der Waals surface area (Å²) in [6, 6.07) is 9.10. The molecule has 0 aromatic heterocycles. The van der Waals surface area contributed by atoms with Crippen LogP contribution in [0.1, 0.15) is 43.6 Å². The van der Waals surface area contributed by atoms with E-state index in [0.29, 0.717) is 0 Å². The highest BCUT2D eigenvalue weighted by atomic mass is 16.0. The Morgan fingerprint density at radius 2 is 1.40 bits per heavy atom. The lowest BCUT2D eigenvalue weighted by Gasteiger charge is -2.21. The Balaban J connectivity index is 0.000000980. The van der Waals surface area contributed by atoms with Crippen LogP contribution >= 0.6 is 0 Å². The van der Waals surface area contributed by atoms with Crippen molar-refractivity contribution in [1.82, 2.24) is 0 Å². The minimum absolute atomic E-state index is 0. The first-order valence-corrected chi connectivity index (χ1v) is 5.43. The smallest absolute Gasteiger partial charge is 0.139 e. The Morgan fingerprint density at radius 3 is 1.93 bits per heavy atom. The molecule has 1 aromatic carbocycles. The molecule has 0 amide bonds. The fourth-order valence-corrected chi connectivity index (χ4v) is 2.27. The van der Waals surface area contributed by atoms with Gasteiger partial charge in [-0.15, -0.1) is 0 Å². The van der Waals surface area contributed by atoms with E-state index in [1.807, 2.05) is 0 Å². The summed E-state index contributed by atoms with van der Waals surface area (Å²) in [6.45, 7) is 0. The Morgan fingerprint density at radius 1 is 0.867 bits per heavy atom. The Kier molecular flexibility index (Phi) is 6.29. The molecule has 4 N–H and O–H groups in total. The van der Waals surface area contributed by atoms with E-state index in [-0.39, 0.29) is 11.0 Å². The number of hydrogen-bond acceptors (Lipinski definition) is 0. The largest absolute Gasteiger partial charge is 0.412 e. The molecule has 0 saturated heterocycles. The predicted octanol–water partition coefficient (Wildman–Crippen LogP) is 0.343. The maximum Gasteiger partial charge on any atom is 0.139 e. The highest BCUT2D eigenvalue weighted by molar-refractivity contribution is 6.32. The van der Waals surface area contributed by atoms with E-state index < -0.39 is 0 Å². The standard InChI is InChI=1S/C12H17B.2H2O/c13-12-8-6-11(7-9-12)10-4-2-1-3-5-10;;/h6-10H,1-5,13H2;2*1H2. The first-order valence-electron chi connectivity index (χ1n) is 5.43. The van der Waals surface area contributed by atoms with Crippen molar-refractivity contribution < 1.29 is 11.0 Å². The van der Waals surface area contributed by atoms with E-state index in [0.717, 1.165) is 5.92 Å². The first kappa shape index (κ1) is 14.2. The van der Waals surface area contributed by atoms with Gasteiger partial charge in [-0.3, -0.25) is 0 Å². The minimum atomic E-state index is 0. The van der Waals surface area contributed by atoms with Crippen molar-refractivity contribution >= 4 is 13.3 Å². The molecule has 1 saturated carbocycles. The quantitative estimate of drug-likeness (QED) is 0.597. The van der Waals surface area contributed by atoms with E-state index in [4.69, 9.17) is 0 Å². The SMILES string of the molecule is Bc1ccc(C2CCCCC2)cc1.O.O. The zero-order valence-corrected chi connectivity index (χ0v) is 9.42. The van der Waals surface area contributed by atoms with Gasteiger partial charge in [-0.1, -0.05) is 49.0 Å². The van der Waals surface area contributed by atoms with Crippen LogP contribution in [0.3, 0.4) is 0 Å². The summed E-state index contributed by atoms with van der Waals surface area (Å²) in [5, 5.41) is 0. The van der Waals surface area contributed by atoms with E-state index in [1.54, 1.807) is 5.56 Å². The molecule has 84 valence electrons. The molecule has 15 heavy (non-hydrogen) atoms. The summed E-state index contributed by atoms with van der Waals surface area (Å²) in [4.78, 5) is 0. The van der Waals surface area contributed by atoms with Gasteiger partial charge < -0.3 is 11.0 Å². The number of benzene rings is 1. The molecule has 0 unspecified atom stereocenters. The zero-order valence-electron chi connectivity index (χ0n) is 9.42. The minimum Gasteiger partial charge on any atom is -0.412 e. The lowest BCUT2D eigenvalue weighted by Crippen LogP contribution is -2.07. The van der Waals surface area contributed by atoms with Gasteiger partial charge >= 0.3 is 0 Å². The van der Waals surface area contributed by atoms with Gasteiger partial charge in [0.05, 0.1) is 0 Å². The Hall–Kier alpha value is -0.795. The van der Waals surface area contributed by atoms with Crippen LogP contribution in [0.25, 0.3) is 0 Å². The lowest BCUT2D eigenvalue weighted by atomic mass is 9.83. The van der Waals surface area contributed by atoms with Gasteiger partial charge in [0.15, 0.2) is 0 Å². The molecule has 1 aliphatic rings. The van der Waals surface area contributed by atoms with Crippen molar-refractivity contribution in [1.29, 1.82) is 0 Å². The zero-order chi connectivity index (χ0) is 9.10. The van der Waals surface area contributed by atoms with Gasteiger partial charge in [-0.05, 0) is 24.3 Å². The Bertz CT molecular complexity index is 265. The van der Waals surface area contributed by atoms with Crippen LogP contribution in [0.2, 0.25) is 0 Å². The molecule has 0 heterocycles. The second-order valence-electron chi connectivity index (χ2n) is 4.25. The van der Waals surface area contributed by atoms with Crippen molar-refractivity contribution in [3.63, 3.8) is 0 Å². The van der Waals surface area contributed by atoms with Crippen molar-refractivity contribution in [2.45, 2.75) is 38.0 Å². The molecule has 0 aliphatic heterocycles. The third-order valence-electron chi connectivity index (χ3n) is 3.15. The molecule has 0 spiro atoms. The summed E-state index contributed by atoms with van der Waals surface area (Å²) in [5.74, 6) is 0.856. The summed E-state index contributed by atoms with van der Waals surface area (Å²) < 4.78 is 0. The molecule has 0 bridgehead atoms. The van der Waals surface area contributed by atoms with Gasteiger partial charge in [0, 0.05) is 0 Å². The molecular weight excluding hydrogens is 187 g/mol. The van der Waals surface area contributed by atoms with E-state index in [1.165, 1.54) is 37.6 Å². The normalized spacial score (nSPS) is 16.3. The molecular formula is C12H21BO2. The fourth-order valence-electron chi connectivity index (χ4n) is 2.27. The van der Waals surface area contributed by atoms with Crippen LogP contribution in [0.4, 0.5) is 0 Å². The molecule has 3 heteroatoms. The van der Waals surface area contributed by atoms with Crippen LogP contribution in [0.5, 0.6) is 0 Å². The highest BCUT2D eigenvalue weighted by Gasteiger charge is 2.14. The van der Waals surface area contributed by atoms with Gasteiger partial charge in [0.1, 0.15) is 7.85 Å². The van der Waals surface area contributed by atoms with Gasteiger partial charge in [0.25, 0.3) is 0 Å². The molecule has 0 radical (unpaired) electrons. The third kappa shape index (κ3) is 3.69. The molecule has 1 aromatic rings. The van der Waals surface area contributed by atoms with E-state index in [2.05, 4.69) is 32.1 Å². The topological polar surface area (TPSA) is 63.0 Å². The summed E-state index contributed by atoms with van der Waals surface area (Å²) in [5.41, 5.74) is 2.94. The second kappa shape index (κ2) is 6.65. The summed E-state index contributed by atoms with van der Waals surface area (Å²) >= 11 is 0. The molecule has 0 atom stereocenters. The summed E-state index contributed by atoms with van der Waals surface area (Å²) in [7, 11) is 2.16. The van der Waals surface area contributed by atoms with Gasteiger partial charge in [0.2, 0.25) is 0 Å². The molecule has 2 rings (SSSR count). The average Bonchev–Trinajstić information content (AvgIpc) is 2.20. The van der Waals surface area contributed by atoms with Crippen LogP contribution in [0, 0.1) is 0 Å². The second-order valence-corrected chi connectivity index (χ2v) is 4.25. The van der Waals surface area contributed by atoms with Crippen LogP contribution in [-0.2, 0) is 0 Å². The summed E-state index contributed by atoms with van der Waals surface area (Å²) in [6.07, 6.45) is 7.12. The van der Waals surface area contributed by atoms with Crippen molar-refractivity contribution in [3.05, 3.63) is 29.8 Å². The maximum absolute atomic E-state index is 2.31. The van der Waals surface area contributed by atoms with Crippen molar-refractivity contribution in [3.8, 4) is 0 Å². The van der Waals surface area contributed by atoms with Crippen molar-refractivity contribution in [2.75, 3.05) is 0 Å². The van der Waals surface area contributed by atoms with E-state index in [9.17, 15) is 0 Å². The first-order chi connectivity index (χ1) is 6.36. The molecule has 1 aliphatic carbocycles. The van der Waals surface area contributed by atoms with Crippen LogP contribution in [-0.4, -0.2) is 18.8 Å². The maximum atomic E-state index is 2.31. The fraction of sp³-hybridized carbons (Fsp3) is 0.500.